The van der Waals surface area contributed by atoms with E-state index >= 15 is 0 Å². The molecule has 1 aliphatic heterocycles. The Labute approximate surface area is 157 Å². The Balaban J connectivity index is 1.85. The van der Waals surface area contributed by atoms with E-state index in [9.17, 15) is 4.39 Å². The molecule has 7 heteroatoms. The van der Waals surface area contributed by atoms with Crippen LogP contribution in [0.15, 0.2) is 48.8 Å². The maximum Gasteiger partial charge on any atom is 0.228 e. The number of thiophene rings is 1. The maximum absolute atomic E-state index is 14.3. The van der Waals surface area contributed by atoms with Gasteiger partial charge in [0.2, 0.25) is 5.88 Å². The molecule has 2 aromatic heterocycles. The average Bonchev–Trinajstić information content (AvgIpc) is 3.01. The van der Waals surface area contributed by atoms with Gasteiger partial charge in [-0.2, -0.15) is 0 Å². The molecule has 2 N–H and O–H groups in total. The van der Waals surface area contributed by atoms with Crippen molar-refractivity contribution >= 4 is 38.8 Å². The Hall–Kier alpha value is -2.70. The Kier molecular flexibility index (Phi) is 3.38. The minimum absolute atomic E-state index is 0.246. The summed E-state index contributed by atoms with van der Waals surface area (Å²) in [5.74, 6) is 0.843. The van der Waals surface area contributed by atoms with Crippen molar-refractivity contribution < 1.29 is 9.13 Å². The molecule has 0 saturated heterocycles. The topological polar surface area (TPSA) is 61.0 Å². The standard InChI is InChI=1S/C19H11ClFN3OS/c20-10-6-4-9(5-7-10)13-14-18(22)23-8-24-19(14)25-15-11-2-1-3-12(21)16(11)26-17(13)15/h1-8,13H,(H2,22,23,24). The third kappa shape index (κ3) is 2.19. The fraction of sp³-hybridized carbons (Fsp3) is 0.0526. The minimum atomic E-state index is -0.275. The van der Waals surface area contributed by atoms with E-state index in [1.54, 1.807) is 6.07 Å². The number of nitrogens with two attached hydrogens (primary N) is 1. The third-order valence-electron chi connectivity index (χ3n) is 4.48. The van der Waals surface area contributed by atoms with E-state index in [1.165, 1.54) is 23.7 Å². The summed E-state index contributed by atoms with van der Waals surface area (Å²) >= 11 is 7.41. The molecule has 0 spiro atoms. The van der Waals surface area contributed by atoms with E-state index in [4.69, 9.17) is 22.1 Å². The molecule has 128 valence electrons. The Morgan fingerprint density at radius 2 is 1.92 bits per heavy atom. The van der Waals surface area contributed by atoms with Crippen LogP contribution in [-0.4, -0.2) is 9.97 Å². The predicted octanol–water partition coefficient (Wildman–Crippen LogP) is 5.35. The number of nitrogen functional groups attached to an aromatic ring is 1. The first-order valence-electron chi connectivity index (χ1n) is 7.88. The number of rotatable bonds is 1. The third-order valence-corrected chi connectivity index (χ3v) is 5.99. The van der Waals surface area contributed by atoms with Crippen LogP contribution in [0.5, 0.6) is 11.6 Å². The highest BCUT2D eigenvalue weighted by atomic mass is 35.5. The van der Waals surface area contributed by atoms with Crippen LogP contribution in [0.4, 0.5) is 10.2 Å². The van der Waals surface area contributed by atoms with Crippen molar-refractivity contribution in [3.63, 3.8) is 0 Å². The van der Waals surface area contributed by atoms with Crippen LogP contribution < -0.4 is 10.5 Å². The van der Waals surface area contributed by atoms with Gasteiger partial charge in [-0.05, 0) is 29.8 Å². The van der Waals surface area contributed by atoms with Gasteiger partial charge in [-0.15, -0.1) is 11.3 Å². The lowest BCUT2D eigenvalue weighted by Gasteiger charge is -2.26. The van der Waals surface area contributed by atoms with Crippen molar-refractivity contribution in [1.29, 1.82) is 0 Å². The second-order valence-electron chi connectivity index (χ2n) is 5.98. The molecule has 26 heavy (non-hydrogen) atoms. The SMILES string of the molecule is Nc1ncnc2c1C(c1ccc(Cl)cc1)c1sc3c(F)cccc3c1O2. The lowest BCUT2D eigenvalue weighted by atomic mass is 9.88. The van der Waals surface area contributed by atoms with Gasteiger partial charge in [-0.25, -0.2) is 14.4 Å². The van der Waals surface area contributed by atoms with Gasteiger partial charge < -0.3 is 10.5 Å². The van der Waals surface area contributed by atoms with Crippen molar-refractivity contribution in [3.05, 3.63) is 75.6 Å². The summed E-state index contributed by atoms with van der Waals surface area (Å²) in [7, 11) is 0. The fourth-order valence-electron chi connectivity index (χ4n) is 3.32. The van der Waals surface area contributed by atoms with Crippen LogP contribution in [-0.2, 0) is 0 Å². The summed E-state index contributed by atoms with van der Waals surface area (Å²) in [4.78, 5) is 9.25. The largest absolute Gasteiger partial charge is 0.437 e. The lowest BCUT2D eigenvalue weighted by Crippen LogP contribution is -2.14. The second-order valence-corrected chi connectivity index (χ2v) is 7.46. The van der Waals surface area contributed by atoms with Crippen LogP contribution >= 0.6 is 22.9 Å². The molecule has 5 rings (SSSR count). The molecule has 0 fully saturated rings. The highest BCUT2D eigenvalue weighted by Crippen LogP contribution is 2.54. The molecule has 0 amide bonds. The van der Waals surface area contributed by atoms with E-state index in [0.29, 0.717) is 32.7 Å². The summed E-state index contributed by atoms with van der Waals surface area (Å²) in [6, 6.07) is 12.5. The van der Waals surface area contributed by atoms with Crippen LogP contribution in [0.1, 0.15) is 21.9 Å². The van der Waals surface area contributed by atoms with Crippen LogP contribution in [0.3, 0.4) is 0 Å². The summed E-state index contributed by atoms with van der Waals surface area (Å²) in [6.07, 6.45) is 1.37. The second kappa shape index (κ2) is 5.65. The average molecular weight is 384 g/mol. The number of fused-ring (bicyclic) bond motifs is 4. The van der Waals surface area contributed by atoms with Crippen LogP contribution in [0.25, 0.3) is 10.1 Å². The zero-order valence-electron chi connectivity index (χ0n) is 13.2. The Bertz CT molecular complexity index is 1160. The first-order chi connectivity index (χ1) is 12.6. The van der Waals surface area contributed by atoms with Crippen molar-refractivity contribution in [3.8, 4) is 11.6 Å². The van der Waals surface area contributed by atoms with Crippen molar-refractivity contribution in [2.75, 3.05) is 5.73 Å². The molecular formula is C19H11ClFN3OS. The number of anilines is 1. The maximum atomic E-state index is 14.3. The van der Waals surface area contributed by atoms with Gasteiger partial charge in [0, 0.05) is 10.4 Å². The number of halogens is 2. The molecule has 0 bridgehead atoms. The van der Waals surface area contributed by atoms with Gasteiger partial charge in [0.05, 0.1) is 21.1 Å². The number of hydrogen-bond acceptors (Lipinski definition) is 5. The summed E-state index contributed by atoms with van der Waals surface area (Å²) in [6.45, 7) is 0. The Morgan fingerprint density at radius 1 is 1.12 bits per heavy atom. The molecule has 0 radical (unpaired) electrons. The fourth-order valence-corrected chi connectivity index (χ4v) is 4.72. The molecule has 4 nitrogen and oxygen atoms in total. The highest BCUT2D eigenvalue weighted by molar-refractivity contribution is 7.19. The van der Waals surface area contributed by atoms with E-state index in [-0.39, 0.29) is 11.7 Å². The van der Waals surface area contributed by atoms with E-state index < -0.39 is 0 Å². The predicted molar refractivity (Wildman–Crippen MR) is 101 cm³/mol. The van der Waals surface area contributed by atoms with Crippen molar-refractivity contribution in [1.82, 2.24) is 9.97 Å². The number of ether oxygens (including phenoxy) is 1. The van der Waals surface area contributed by atoms with Gasteiger partial charge in [0.1, 0.15) is 18.0 Å². The quantitative estimate of drug-likeness (QED) is 0.423. The first-order valence-corrected chi connectivity index (χ1v) is 9.07. The summed E-state index contributed by atoms with van der Waals surface area (Å²) in [5.41, 5.74) is 7.81. The number of nitrogens with zero attached hydrogens (tertiary/aromatic N) is 2. The molecule has 0 aliphatic carbocycles. The Morgan fingerprint density at radius 3 is 2.73 bits per heavy atom. The monoisotopic (exact) mass is 383 g/mol. The summed E-state index contributed by atoms with van der Waals surface area (Å²) in [5, 5.41) is 1.37. The van der Waals surface area contributed by atoms with Crippen LogP contribution in [0.2, 0.25) is 5.02 Å². The number of hydrogen-bond donors (Lipinski definition) is 1. The van der Waals surface area contributed by atoms with Crippen LogP contribution in [0, 0.1) is 5.82 Å². The van der Waals surface area contributed by atoms with Gasteiger partial charge in [0.15, 0.2) is 5.75 Å². The molecule has 2 aromatic carbocycles. The van der Waals surface area contributed by atoms with Gasteiger partial charge in [-0.3, -0.25) is 0 Å². The van der Waals surface area contributed by atoms with E-state index in [0.717, 1.165) is 15.8 Å². The zero-order chi connectivity index (χ0) is 17.8. The van der Waals surface area contributed by atoms with Gasteiger partial charge in [-0.1, -0.05) is 29.8 Å². The van der Waals surface area contributed by atoms with Gasteiger partial charge in [0.25, 0.3) is 0 Å². The van der Waals surface area contributed by atoms with E-state index in [2.05, 4.69) is 9.97 Å². The lowest BCUT2D eigenvalue weighted by molar-refractivity contribution is 0.441. The highest BCUT2D eigenvalue weighted by Gasteiger charge is 2.35. The minimum Gasteiger partial charge on any atom is -0.437 e. The number of aromatic nitrogens is 2. The normalized spacial score (nSPS) is 15.4. The molecule has 4 aromatic rings. The van der Waals surface area contributed by atoms with Crippen molar-refractivity contribution in [2.45, 2.75) is 5.92 Å². The molecular weight excluding hydrogens is 373 g/mol. The van der Waals surface area contributed by atoms with Crippen molar-refractivity contribution in [2.24, 2.45) is 0 Å². The molecule has 3 heterocycles. The van der Waals surface area contributed by atoms with Gasteiger partial charge >= 0.3 is 0 Å². The zero-order valence-corrected chi connectivity index (χ0v) is 14.8. The molecule has 1 aliphatic rings. The van der Waals surface area contributed by atoms with E-state index in [1.807, 2.05) is 30.3 Å². The number of benzene rings is 2. The molecule has 1 atom stereocenters. The summed E-state index contributed by atoms with van der Waals surface area (Å²) < 4.78 is 20.9. The molecule has 0 saturated carbocycles. The first kappa shape index (κ1) is 15.5. The smallest absolute Gasteiger partial charge is 0.228 e. The molecule has 1 unspecified atom stereocenters.